The second kappa shape index (κ2) is 13.3. The maximum atomic E-state index is 12.6. The van der Waals surface area contributed by atoms with Gasteiger partial charge < -0.3 is 15.3 Å². The number of hydrogen-bond donors (Lipinski definition) is 2. The Morgan fingerprint density at radius 3 is 2.17 bits per heavy atom. The Hall–Kier alpha value is -3.70. The second-order valence-corrected chi connectivity index (χ2v) is 8.62. The SMILES string of the molecule is CCCCCc1ccc(C(=O)Nc2ccc(C(=O)/C=C/c3ccc(N(C)CCO)cc3)cc2)cc1. The number of likely N-dealkylation sites (N-methyl/N-ethyl adjacent to an activating group) is 1. The van der Waals surface area contributed by atoms with Crippen molar-refractivity contribution in [2.45, 2.75) is 32.6 Å². The molecule has 0 heterocycles. The van der Waals surface area contributed by atoms with Crippen molar-refractivity contribution in [3.05, 3.63) is 101 Å². The Kier molecular flexibility index (Phi) is 9.81. The molecule has 35 heavy (non-hydrogen) atoms. The van der Waals surface area contributed by atoms with Crippen molar-refractivity contribution in [3.63, 3.8) is 0 Å². The van der Waals surface area contributed by atoms with Crippen LogP contribution in [0.25, 0.3) is 6.08 Å². The van der Waals surface area contributed by atoms with Gasteiger partial charge in [0.2, 0.25) is 0 Å². The highest BCUT2D eigenvalue weighted by atomic mass is 16.3. The van der Waals surface area contributed by atoms with Crippen LogP contribution in [-0.2, 0) is 6.42 Å². The fraction of sp³-hybridized carbons (Fsp3) is 0.267. The average Bonchev–Trinajstić information content (AvgIpc) is 2.88. The topological polar surface area (TPSA) is 69.6 Å². The standard InChI is InChI=1S/C30H34N2O3/c1-3-4-5-6-23-7-12-26(13-8-23)30(35)31-27-16-14-25(15-17-27)29(34)20-11-24-9-18-28(19-10-24)32(2)21-22-33/h7-20,33H,3-6,21-22H2,1-2H3,(H,31,35)/b20-11+. The third-order valence-electron chi connectivity index (χ3n) is 5.91. The van der Waals surface area contributed by atoms with Crippen LogP contribution in [0, 0.1) is 0 Å². The van der Waals surface area contributed by atoms with Crippen LogP contribution in [0.4, 0.5) is 11.4 Å². The summed E-state index contributed by atoms with van der Waals surface area (Å²) in [7, 11) is 1.92. The molecule has 182 valence electrons. The van der Waals surface area contributed by atoms with Gasteiger partial charge in [0.1, 0.15) is 0 Å². The highest BCUT2D eigenvalue weighted by Crippen LogP contribution is 2.16. The van der Waals surface area contributed by atoms with Crippen LogP contribution in [-0.4, -0.2) is 37.0 Å². The lowest BCUT2D eigenvalue weighted by Crippen LogP contribution is -2.20. The largest absolute Gasteiger partial charge is 0.395 e. The van der Waals surface area contributed by atoms with Gasteiger partial charge in [0.05, 0.1) is 6.61 Å². The number of aryl methyl sites for hydroxylation is 1. The van der Waals surface area contributed by atoms with E-state index in [0.717, 1.165) is 24.1 Å². The first-order valence-electron chi connectivity index (χ1n) is 12.1. The molecule has 0 bridgehead atoms. The molecule has 0 aliphatic rings. The van der Waals surface area contributed by atoms with Gasteiger partial charge in [-0.1, -0.05) is 50.1 Å². The number of nitrogens with zero attached hydrogens (tertiary/aromatic N) is 1. The van der Waals surface area contributed by atoms with E-state index in [9.17, 15) is 9.59 Å². The summed E-state index contributed by atoms with van der Waals surface area (Å²) >= 11 is 0. The molecule has 0 radical (unpaired) electrons. The van der Waals surface area contributed by atoms with Gasteiger partial charge in [0, 0.05) is 36.1 Å². The summed E-state index contributed by atoms with van der Waals surface area (Å²) in [6.07, 6.45) is 7.93. The van der Waals surface area contributed by atoms with Crippen molar-refractivity contribution in [2.75, 3.05) is 30.4 Å². The quantitative estimate of drug-likeness (QED) is 0.194. The van der Waals surface area contributed by atoms with E-state index in [-0.39, 0.29) is 18.3 Å². The highest BCUT2D eigenvalue weighted by molar-refractivity contribution is 6.08. The molecule has 0 aliphatic carbocycles. The van der Waals surface area contributed by atoms with Gasteiger partial charge in [-0.15, -0.1) is 0 Å². The summed E-state index contributed by atoms with van der Waals surface area (Å²) in [5.74, 6) is -0.278. The van der Waals surface area contributed by atoms with Crippen LogP contribution < -0.4 is 10.2 Å². The molecule has 2 N–H and O–H groups in total. The average molecular weight is 471 g/mol. The molecular formula is C30H34N2O3. The number of benzene rings is 3. The molecule has 0 fully saturated rings. The first-order chi connectivity index (χ1) is 17.0. The molecule has 0 saturated heterocycles. The number of hydrogen-bond acceptors (Lipinski definition) is 4. The summed E-state index contributed by atoms with van der Waals surface area (Å²) in [5, 5.41) is 11.9. The number of ketones is 1. The van der Waals surface area contributed by atoms with Gasteiger partial charge in [-0.05, 0) is 78.6 Å². The third kappa shape index (κ3) is 7.94. The molecule has 0 aromatic heterocycles. The summed E-state index contributed by atoms with van der Waals surface area (Å²) < 4.78 is 0. The zero-order valence-electron chi connectivity index (χ0n) is 20.5. The molecule has 1 amide bonds. The molecular weight excluding hydrogens is 436 g/mol. The monoisotopic (exact) mass is 470 g/mol. The molecule has 3 aromatic carbocycles. The van der Waals surface area contributed by atoms with E-state index in [1.54, 1.807) is 36.4 Å². The molecule has 5 heteroatoms. The lowest BCUT2D eigenvalue weighted by Gasteiger charge is -2.17. The molecule has 0 atom stereocenters. The maximum absolute atomic E-state index is 12.6. The first-order valence-corrected chi connectivity index (χ1v) is 12.1. The number of rotatable bonds is 12. The Bertz CT molecular complexity index is 1120. The molecule has 3 rings (SSSR count). The van der Waals surface area contributed by atoms with Gasteiger partial charge in [0.15, 0.2) is 5.78 Å². The molecule has 3 aromatic rings. The Morgan fingerprint density at radius 2 is 1.54 bits per heavy atom. The number of nitrogens with one attached hydrogen (secondary N) is 1. The Balaban J connectivity index is 1.54. The van der Waals surface area contributed by atoms with E-state index in [4.69, 9.17) is 5.11 Å². The normalized spacial score (nSPS) is 10.9. The first kappa shape index (κ1) is 25.9. The smallest absolute Gasteiger partial charge is 0.255 e. The van der Waals surface area contributed by atoms with Gasteiger partial charge in [0.25, 0.3) is 5.91 Å². The molecule has 0 saturated carbocycles. The molecule has 0 unspecified atom stereocenters. The van der Waals surface area contributed by atoms with Gasteiger partial charge in [-0.3, -0.25) is 9.59 Å². The summed E-state index contributed by atoms with van der Waals surface area (Å²) in [6.45, 7) is 2.85. The number of amides is 1. The minimum Gasteiger partial charge on any atom is -0.395 e. The Labute approximate surface area is 208 Å². The van der Waals surface area contributed by atoms with Gasteiger partial charge in [-0.2, -0.15) is 0 Å². The number of aliphatic hydroxyl groups is 1. The lowest BCUT2D eigenvalue weighted by molar-refractivity contribution is 0.102. The number of carbonyl (C=O) groups is 2. The fourth-order valence-electron chi connectivity index (χ4n) is 3.71. The number of allylic oxidation sites excluding steroid dienone is 1. The minimum absolute atomic E-state index is 0.0986. The zero-order valence-corrected chi connectivity index (χ0v) is 20.5. The van der Waals surface area contributed by atoms with E-state index in [2.05, 4.69) is 12.2 Å². The predicted molar refractivity (Wildman–Crippen MR) is 144 cm³/mol. The van der Waals surface area contributed by atoms with Crippen molar-refractivity contribution in [2.24, 2.45) is 0 Å². The van der Waals surface area contributed by atoms with Crippen LogP contribution in [0.5, 0.6) is 0 Å². The summed E-state index contributed by atoms with van der Waals surface area (Å²) in [5.41, 5.74) is 4.97. The van der Waals surface area contributed by atoms with Crippen molar-refractivity contribution >= 4 is 29.1 Å². The predicted octanol–water partition coefficient (Wildman–Crippen LogP) is 6.00. The van der Waals surface area contributed by atoms with Crippen LogP contribution in [0.1, 0.15) is 58.0 Å². The number of carbonyl (C=O) groups excluding carboxylic acids is 2. The minimum atomic E-state index is -0.169. The molecule has 5 nitrogen and oxygen atoms in total. The number of aliphatic hydroxyl groups excluding tert-OH is 1. The highest BCUT2D eigenvalue weighted by Gasteiger charge is 2.08. The number of unbranched alkanes of at least 4 members (excludes halogenated alkanes) is 2. The van der Waals surface area contributed by atoms with E-state index in [1.165, 1.54) is 18.4 Å². The lowest BCUT2D eigenvalue weighted by atomic mass is 10.0. The van der Waals surface area contributed by atoms with Crippen LogP contribution in [0.3, 0.4) is 0 Å². The fourth-order valence-corrected chi connectivity index (χ4v) is 3.71. The zero-order chi connectivity index (χ0) is 25.0. The second-order valence-electron chi connectivity index (χ2n) is 8.62. The van der Waals surface area contributed by atoms with Crippen molar-refractivity contribution in [1.29, 1.82) is 0 Å². The van der Waals surface area contributed by atoms with E-state index < -0.39 is 0 Å². The summed E-state index contributed by atoms with van der Waals surface area (Å²) in [4.78, 5) is 27.1. The van der Waals surface area contributed by atoms with Crippen LogP contribution in [0.2, 0.25) is 0 Å². The van der Waals surface area contributed by atoms with Gasteiger partial charge in [-0.25, -0.2) is 0 Å². The van der Waals surface area contributed by atoms with E-state index >= 15 is 0 Å². The Morgan fingerprint density at radius 1 is 0.886 bits per heavy atom. The van der Waals surface area contributed by atoms with Gasteiger partial charge >= 0.3 is 0 Å². The van der Waals surface area contributed by atoms with E-state index in [0.29, 0.717) is 23.4 Å². The van der Waals surface area contributed by atoms with Crippen LogP contribution in [0.15, 0.2) is 78.9 Å². The third-order valence-corrected chi connectivity index (χ3v) is 5.91. The van der Waals surface area contributed by atoms with Crippen LogP contribution >= 0.6 is 0 Å². The maximum Gasteiger partial charge on any atom is 0.255 e. The van der Waals surface area contributed by atoms with Crippen molar-refractivity contribution in [1.82, 2.24) is 0 Å². The molecule has 0 spiro atoms. The molecule has 0 aliphatic heterocycles. The summed E-state index contributed by atoms with van der Waals surface area (Å²) in [6, 6.07) is 22.4. The van der Waals surface area contributed by atoms with E-state index in [1.807, 2.05) is 60.5 Å². The van der Waals surface area contributed by atoms with Crippen molar-refractivity contribution in [3.8, 4) is 0 Å². The van der Waals surface area contributed by atoms with Crippen molar-refractivity contribution < 1.29 is 14.7 Å². The number of anilines is 2.